The number of hydrogen-bond donors (Lipinski definition) is 1. The lowest BCUT2D eigenvalue weighted by Gasteiger charge is -2.05. The minimum atomic E-state index is 0.660. The monoisotopic (exact) mass is 232 g/mol. The molecule has 2 heterocycles. The molecule has 4 nitrogen and oxygen atoms in total. The van der Waals surface area contributed by atoms with E-state index in [0.717, 1.165) is 21.3 Å². The van der Waals surface area contributed by atoms with Crippen LogP contribution in [0.15, 0.2) is 34.6 Å². The Morgan fingerprint density at radius 3 is 2.69 bits per heavy atom. The molecule has 0 amide bonds. The zero-order valence-electron chi connectivity index (χ0n) is 9.14. The summed E-state index contributed by atoms with van der Waals surface area (Å²) in [6.45, 7) is 3.89. The molecule has 2 aromatic rings. The highest BCUT2D eigenvalue weighted by molar-refractivity contribution is 7.99. The number of aryl methyl sites for hydroxylation is 2. The van der Waals surface area contributed by atoms with E-state index in [-0.39, 0.29) is 0 Å². The van der Waals surface area contributed by atoms with Crippen LogP contribution in [0.5, 0.6) is 0 Å². The maximum Gasteiger partial charge on any atom is 0.119 e. The van der Waals surface area contributed by atoms with Gasteiger partial charge < -0.3 is 5.73 Å². The second-order valence-electron chi connectivity index (χ2n) is 3.39. The Bertz CT molecular complexity index is 513. The molecule has 0 radical (unpaired) electrons. The fraction of sp³-hybridized carbons (Fsp3) is 0.182. The van der Waals surface area contributed by atoms with Gasteiger partial charge in [0.15, 0.2) is 0 Å². The molecule has 0 saturated carbocycles. The summed E-state index contributed by atoms with van der Waals surface area (Å²) in [5.74, 6) is 0. The standard InChI is InChI=1S/C11H12N4S/c1-7-8(2)15-11(6-14-7)16-10-3-4-13-5-9(10)12/h3-6H,12H2,1-2H3. The van der Waals surface area contributed by atoms with E-state index in [2.05, 4.69) is 15.0 Å². The third kappa shape index (κ3) is 2.30. The Balaban J connectivity index is 2.28. The molecule has 0 aliphatic rings. The van der Waals surface area contributed by atoms with Gasteiger partial charge in [-0.2, -0.15) is 0 Å². The van der Waals surface area contributed by atoms with Crippen LogP contribution >= 0.6 is 11.8 Å². The number of nitrogens with zero attached hydrogens (tertiary/aromatic N) is 3. The summed E-state index contributed by atoms with van der Waals surface area (Å²) in [5, 5.41) is 0.848. The number of rotatable bonds is 2. The lowest BCUT2D eigenvalue weighted by Crippen LogP contribution is -1.94. The molecule has 0 unspecified atom stereocenters. The third-order valence-corrected chi connectivity index (χ3v) is 3.19. The van der Waals surface area contributed by atoms with E-state index >= 15 is 0 Å². The molecule has 0 aromatic carbocycles. The van der Waals surface area contributed by atoms with Crippen LogP contribution in [0.3, 0.4) is 0 Å². The highest BCUT2D eigenvalue weighted by Crippen LogP contribution is 2.29. The SMILES string of the molecule is Cc1ncc(Sc2ccncc2N)nc1C. The Morgan fingerprint density at radius 2 is 2.00 bits per heavy atom. The molecule has 0 aliphatic carbocycles. The summed E-state index contributed by atoms with van der Waals surface area (Å²) in [7, 11) is 0. The van der Waals surface area contributed by atoms with E-state index in [1.54, 1.807) is 18.6 Å². The number of hydrogen-bond acceptors (Lipinski definition) is 5. The minimum Gasteiger partial charge on any atom is -0.397 e. The van der Waals surface area contributed by atoms with Crippen LogP contribution in [0.1, 0.15) is 11.4 Å². The largest absolute Gasteiger partial charge is 0.397 e. The van der Waals surface area contributed by atoms with Crippen molar-refractivity contribution in [1.82, 2.24) is 15.0 Å². The number of anilines is 1. The van der Waals surface area contributed by atoms with Crippen LogP contribution in [-0.2, 0) is 0 Å². The van der Waals surface area contributed by atoms with Crippen LogP contribution < -0.4 is 5.73 Å². The zero-order valence-corrected chi connectivity index (χ0v) is 9.95. The molecule has 82 valence electrons. The highest BCUT2D eigenvalue weighted by atomic mass is 32.2. The number of pyridine rings is 1. The Kier molecular flexibility index (Phi) is 3.05. The first-order valence-electron chi connectivity index (χ1n) is 4.84. The van der Waals surface area contributed by atoms with Gasteiger partial charge in [0, 0.05) is 11.1 Å². The van der Waals surface area contributed by atoms with Crippen LogP contribution in [0.25, 0.3) is 0 Å². The van der Waals surface area contributed by atoms with Gasteiger partial charge in [0.05, 0.1) is 29.5 Å². The van der Waals surface area contributed by atoms with E-state index in [1.165, 1.54) is 11.8 Å². The van der Waals surface area contributed by atoms with Gasteiger partial charge in [0.2, 0.25) is 0 Å². The van der Waals surface area contributed by atoms with Crippen molar-refractivity contribution in [3.8, 4) is 0 Å². The normalized spacial score (nSPS) is 10.4. The Hall–Kier alpha value is -1.62. The number of nitrogen functional groups attached to an aromatic ring is 1. The second-order valence-corrected chi connectivity index (χ2v) is 4.46. The van der Waals surface area contributed by atoms with Crippen molar-refractivity contribution in [1.29, 1.82) is 0 Å². The maximum atomic E-state index is 5.80. The average Bonchev–Trinajstić information content (AvgIpc) is 2.27. The van der Waals surface area contributed by atoms with Crippen molar-refractivity contribution in [3.05, 3.63) is 36.0 Å². The van der Waals surface area contributed by atoms with Crippen molar-refractivity contribution in [3.63, 3.8) is 0 Å². The first-order valence-corrected chi connectivity index (χ1v) is 5.66. The number of nitrogens with two attached hydrogens (primary N) is 1. The molecule has 0 fully saturated rings. The van der Waals surface area contributed by atoms with E-state index in [9.17, 15) is 0 Å². The molecule has 2 aromatic heterocycles. The van der Waals surface area contributed by atoms with Crippen molar-refractivity contribution in [2.45, 2.75) is 23.8 Å². The molecule has 0 spiro atoms. The maximum absolute atomic E-state index is 5.80. The lowest BCUT2D eigenvalue weighted by atomic mass is 10.4. The van der Waals surface area contributed by atoms with E-state index in [0.29, 0.717) is 5.69 Å². The van der Waals surface area contributed by atoms with Gasteiger partial charge in [-0.05, 0) is 19.9 Å². The Labute approximate surface area is 98.3 Å². The molecular weight excluding hydrogens is 220 g/mol. The molecular formula is C11H12N4S. The Morgan fingerprint density at radius 1 is 1.19 bits per heavy atom. The van der Waals surface area contributed by atoms with Crippen LogP contribution in [0.4, 0.5) is 5.69 Å². The fourth-order valence-corrected chi connectivity index (χ4v) is 1.98. The zero-order chi connectivity index (χ0) is 11.5. The molecule has 5 heteroatoms. The summed E-state index contributed by atoms with van der Waals surface area (Å²) in [6.07, 6.45) is 5.11. The molecule has 0 atom stereocenters. The molecule has 0 aliphatic heterocycles. The first kappa shape index (κ1) is 10.9. The number of aromatic nitrogens is 3. The molecule has 0 bridgehead atoms. The fourth-order valence-electron chi connectivity index (χ4n) is 1.17. The van der Waals surface area contributed by atoms with Gasteiger partial charge in [-0.1, -0.05) is 11.8 Å². The average molecular weight is 232 g/mol. The predicted octanol–water partition coefficient (Wildman–Crippen LogP) is 2.22. The summed E-state index contributed by atoms with van der Waals surface area (Å²) < 4.78 is 0. The topological polar surface area (TPSA) is 64.7 Å². The summed E-state index contributed by atoms with van der Waals surface area (Å²) >= 11 is 1.50. The van der Waals surface area contributed by atoms with Crippen molar-refractivity contribution < 1.29 is 0 Å². The summed E-state index contributed by atoms with van der Waals surface area (Å²) in [4.78, 5) is 13.6. The van der Waals surface area contributed by atoms with E-state index < -0.39 is 0 Å². The van der Waals surface area contributed by atoms with Crippen molar-refractivity contribution >= 4 is 17.4 Å². The van der Waals surface area contributed by atoms with Gasteiger partial charge in [-0.15, -0.1) is 0 Å². The molecule has 2 rings (SSSR count). The molecule has 0 saturated heterocycles. The van der Waals surface area contributed by atoms with Gasteiger partial charge >= 0.3 is 0 Å². The summed E-state index contributed by atoms with van der Waals surface area (Å²) in [6, 6.07) is 1.87. The van der Waals surface area contributed by atoms with Crippen LogP contribution in [0.2, 0.25) is 0 Å². The predicted molar refractivity (Wildman–Crippen MR) is 64.3 cm³/mol. The highest BCUT2D eigenvalue weighted by Gasteiger charge is 2.04. The smallest absolute Gasteiger partial charge is 0.119 e. The van der Waals surface area contributed by atoms with Gasteiger partial charge in [0.1, 0.15) is 5.03 Å². The summed E-state index contributed by atoms with van der Waals surface area (Å²) in [5.41, 5.74) is 8.36. The second kappa shape index (κ2) is 4.49. The lowest BCUT2D eigenvalue weighted by molar-refractivity contribution is 0.957. The molecule has 16 heavy (non-hydrogen) atoms. The van der Waals surface area contributed by atoms with Crippen LogP contribution in [-0.4, -0.2) is 15.0 Å². The van der Waals surface area contributed by atoms with Gasteiger partial charge in [-0.3, -0.25) is 9.97 Å². The van der Waals surface area contributed by atoms with Crippen molar-refractivity contribution in [2.24, 2.45) is 0 Å². The third-order valence-electron chi connectivity index (χ3n) is 2.19. The molecule has 2 N–H and O–H groups in total. The van der Waals surface area contributed by atoms with Crippen molar-refractivity contribution in [2.75, 3.05) is 5.73 Å². The van der Waals surface area contributed by atoms with Gasteiger partial charge in [0.25, 0.3) is 0 Å². The quantitative estimate of drug-likeness (QED) is 0.860. The van der Waals surface area contributed by atoms with Gasteiger partial charge in [-0.25, -0.2) is 4.98 Å². The first-order chi connectivity index (χ1) is 7.66. The minimum absolute atomic E-state index is 0.660. The van der Waals surface area contributed by atoms with E-state index in [4.69, 9.17) is 5.73 Å². The van der Waals surface area contributed by atoms with E-state index in [1.807, 2.05) is 19.9 Å². The van der Waals surface area contributed by atoms with Crippen LogP contribution in [0, 0.1) is 13.8 Å².